The van der Waals surface area contributed by atoms with Gasteiger partial charge in [-0.2, -0.15) is 4.99 Å². The van der Waals surface area contributed by atoms with Gasteiger partial charge in [-0.3, -0.25) is 4.57 Å². The largest absolute Gasteiger partial charge is 0.344 e. The molecule has 0 bridgehead atoms. The van der Waals surface area contributed by atoms with Crippen molar-refractivity contribution in [3.8, 4) is 39.1 Å². The fourth-order valence-electron chi connectivity index (χ4n) is 9.17. The molecule has 0 radical (unpaired) electrons. The fourth-order valence-corrected chi connectivity index (χ4v) is 9.17. The molecule has 1 aliphatic heterocycles. The molecule has 0 amide bonds. The number of aliphatic imine (C=N–C) groups is 2. The molecular weight excluding hydrogens is 755 g/mol. The molecule has 292 valence electrons. The van der Waals surface area contributed by atoms with Crippen LogP contribution in [0.4, 0.5) is 0 Å². The molecule has 11 aromatic rings. The van der Waals surface area contributed by atoms with E-state index in [-0.39, 0.29) is 6.17 Å². The van der Waals surface area contributed by atoms with Crippen molar-refractivity contribution >= 4 is 55.4 Å². The third-order valence-electron chi connectivity index (χ3n) is 12.2. The molecule has 2 aromatic heterocycles. The van der Waals surface area contributed by atoms with E-state index >= 15 is 0 Å². The number of hydrogen-bond acceptors (Lipinski definition) is 3. The number of rotatable bonds is 6. The maximum atomic E-state index is 5.30. The van der Waals surface area contributed by atoms with Gasteiger partial charge in [-0.25, -0.2) is 4.99 Å². The molecule has 0 saturated carbocycles. The van der Waals surface area contributed by atoms with Crippen molar-refractivity contribution in [2.45, 2.75) is 6.17 Å². The first-order valence-corrected chi connectivity index (χ1v) is 21.1. The first kappa shape index (κ1) is 35.6. The van der Waals surface area contributed by atoms with Crippen LogP contribution in [0.5, 0.6) is 0 Å². The number of para-hydroxylation sites is 2. The maximum absolute atomic E-state index is 5.30. The smallest absolute Gasteiger partial charge is 0.234 e. The Morgan fingerprint density at radius 1 is 0.339 bits per heavy atom. The molecule has 1 N–H and O–H groups in total. The van der Waals surface area contributed by atoms with Crippen LogP contribution in [-0.4, -0.2) is 20.9 Å². The molecule has 1 unspecified atom stereocenters. The van der Waals surface area contributed by atoms with Gasteiger partial charge >= 0.3 is 0 Å². The van der Waals surface area contributed by atoms with Crippen LogP contribution in [0.3, 0.4) is 0 Å². The minimum atomic E-state index is -0.309. The predicted molar refractivity (Wildman–Crippen MR) is 258 cm³/mol. The predicted octanol–water partition coefficient (Wildman–Crippen LogP) is 13.8. The van der Waals surface area contributed by atoms with Gasteiger partial charge in [-0.1, -0.05) is 170 Å². The van der Waals surface area contributed by atoms with Gasteiger partial charge in [0.05, 0.1) is 22.1 Å². The van der Waals surface area contributed by atoms with E-state index in [9.17, 15) is 0 Å². The Hall–Kier alpha value is -8.28. The lowest BCUT2D eigenvalue weighted by molar-refractivity contribution is 0.668. The molecule has 3 heterocycles. The lowest BCUT2D eigenvalue weighted by atomic mass is 9.97. The van der Waals surface area contributed by atoms with E-state index in [0.29, 0.717) is 5.96 Å². The summed E-state index contributed by atoms with van der Waals surface area (Å²) < 4.78 is 4.60. The van der Waals surface area contributed by atoms with Crippen molar-refractivity contribution in [1.29, 1.82) is 0 Å². The van der Waals surface area contributed by atoms with Gasteiger partial charge in [0.2, 0.25) is 5.96 Å². The van der Waals surface area contributed by atoms with Crippen LogP contribution < -0.4 is 5.32 Å². The van der Waals surface area contributed by atoms with Crippen molar-refractivity contribution in [2.75, 3.05) is 0 Å². The third-order valence-corrected chi connectivity index (χ3v) is 12.2. The highest BCUT2D eigenvalue weighted by Crippen LogP contribution is 2.38. The lowest BCUT2D eigenvalue weighted by Gasteiger charge is -2.24. The third kappa shape index (κ3) is 6.10. The van der Waals surface area contributed by atoms with Crippen LogP contribution in [0, 0.1) is 0 Å². The fraction of sp³-hybridized carbons (Fsp3) is 0.0175. The highest BCUT2D eigenvalue weighted by Gasteiger charge is 2.24. The number of hydrogen-bond donors (Lipinski definition) is 1. The minimum absolute atomic E-state index is 0.309. The second-order valence-electron chi connectivity index (χ2n) is 15.9. The van der Waals surface area contributed by atoms with Crippen molar-refractivity contribution < 1.29 is 0 Å². The molecule has 12 rings (SSSR count). The second-order valence-corrected chi connectivity index (χ2v) is 15.9. The second kappa shape index (κ2) is 14.8. The summed E-state index contributed by atoms with van der Waals surface area (Å²) in [5.74, 6) is 1.43. The highest BCUT2D eigenvalue weighted by atomic mass is 15.3. The van der Waals surface area contributed by atoms with E-state index in [2.05, 4.69) is 215 Å². The summed E-state index contributed by atoms with van der Waals surface area (Å²) in [7, 11) is 0. The SMILES string of the molecule is c1ccc(C2=NC(n3c4ccc(-c5ccccc5)cc4c4cc(-c5ccc(-c6ccc7c(c6)c6ccccc6n7-c6ccccc6)cc5)ccc43)=NC(c3ccccc3)N2)cc1. The maximum Gasteiger partial charge on any atom is 0.234 e. The zero-order valence-corrected chi connectivity index (χ0v) is 33.7. The van der Waals surface area contributed by atoms with Gasteiger partial charge in [-0.15, -0.1) is 0 Å². The summed E-state index contributed by atoms with van der Waals surface area (Å²) in [4.78, 5) is 10.5. The van der Waals surface area contributed by atoms with Crippen LogP contribution in [-0.2, 0) is 0 Å². The Bertz CT molecular complexity index is 3510. The van der Waals surface area contributed by atoms with Gasteiger partial charge in [0.1, 0.15) is 12.0 Å². The van der Waals surface area contributed by atoms with Gasteiger partial charge in [0.15, 0.2) is 0 Å². The monoisotopic (exact) mass is 793 g/mol. The first-order chi connectivity index (χ1) is 30.7. The molecule has 0 saturated heterocycles. The number of benzene rings is 9. The van der Waals surface area contributed by atoms with Crippen molar-refractivity contribution in [3.63, 3.8) is 0 Å². The first-order valence-electron chi connectivity index (χ1n) is 21.1. The van der Waals surface area contributed by atoms with E-state index in [1.54, 1.807) is 0 Å². The Morgan fingerprint density at radius 2 is 0.758 bits per heavy atom. The van der Waals surface area contributed by atoms with E-state index in [1.807, 2.05) is 24.3 Å². The summed E-state index contributed by atoms with van der Waals surface area (Å²) in [6.45, 7) is 0. The number of nitrogens with one attached hydrogen (secondary N) is 1. The van der Waals surface area contributed by atoms with Crippen molar-refractivity contribution in [1.82, 2.24) is 14.5 Å². The molecule has 1 atom stereocenters. The van der Waals surface area contributed by atoms with Gasteiger partial charge in [-0.05, 0) is 93.5 Å². The molecule has 62 heavy (non-hydrogen) atoms. The summed E-state index contributed by atoms with van der Waals surface area (Å²) in [6.07, 6.45) is -0.309. The van der Waals surface area contributed by atoms with Crippen molar-refractivity contribution in [2.24, 2.45) is 9.98 Å². The molecule has 1 aliphatic rings. The molecule has 0 fully saturated rings. The van der Waals surface area contributed by atoms with Crippen molar-refractivity contribution in [3.05, 3.63) is 236 Å². The van der Waals surface area contributed by atoms with Gasteiger partial charge < -0.3 is 9.88 Å². The molecule has 0 spiro atoms. The average molecular weight is 794 g/mol. The van der Waals surface area contributed by atoms with Crippen LogP contribution in [0.25, 0.3) is 82.7 Å². The molecule has 0 aliphatic carbocycles. The van der Waals surface area contributed by atoms with Crippen LogP contribution in [0.1, 0.15) is 17.3 Å². The standard InChI is InChI=1S/C57H39N5/c1-5-15-38(16-6-1)43-30-33-53-49(36-43)50-37-45(31-34-54(50)62(53)57-59-55(41-17-7-2-8-18-41)58-56(60-57)42-19-9-3-10-20-42)40-27-25-39(26-28-40)44-29-32-52-48(35-44)47-23-13-14-24-51(47)61(52)46-21-11-4-12-22-46/h1-37,55H,(H,58,59,60). The Balaban J connectivity index is 0.977. The molecular formula is C57H39N5. The van der Waals surface area contributed by atoms with E-state index in [0.717, 1.165) is 55.6 Å². The molecule has 9 aromatic carbocycles. The van der Waals surface area contributed by atoms with E-state index < -0.39 is 0 Å². The van der Waals surface area contributed by atoms with E-state index in [1.165, 1.54) is 44.1 Å². The number of aromatic nitrogens is 2. The summed E-state index contributed by atoms with van der Waals surface area (Å²) >= 11 is 0. The quantitative estimate of drug-likeness (QED) is 0.179. The summed E-state index contributed by atoms with van der Waals surface area (Å²) in [5.41, 5.74) is 14.8. The molecule has 5 nitrogen and oxygen atoms in total. The summed E-state index contributed by atoms with van der Waals surface area (Å²) in [6, 6.07) is 80.0. The van der Waals surface area contributed by atoms with Crippen LogP contribution in [0.15, 0.2) is 234 Å². The van der Waals surface area contributed by atoms with Gasteiger partial charge in [0, 0.05) is 32.8 Å². The Kier molecular flexibility index (Phi) is 8.49. The zero-order valence-electron chi connectivity index (χ0n) is 33.7. The Morgan fingerprint density at radius 3 is 1.34 bits per heavy atom. The Labute approximate surface area is 359 Å². The normalized spacial score (nSPS) is 14.0. The topological polar surface area (TPSA) is 46.6 Å². The summed E-state index contributed by atoms with van der Waals surface area (Å²) in [5, 5.41) is 8.42. The van der Waals surface area contributed by atoms with Crippen LogP contribution in [0.2, 0.25) is 0 Å². The molecule has 5 heteroatoms. The number of fused-ring (bicyclic) bond motifs is 6. The zero-order chi connectivity index (χ0) is 41.0. The van der Waals surface area contributed by atoms with E-state index in [4.69, 9.17) is 9.98 Å². The minimum Gasteiger partial charge on any atom is -0.344 e. The van der Waals surface area contributed by atoms with Crippen LogP contribution >= 0.6 is 0 Å². The number of nitrogens with zero attached hydrogens (tertiary/aromatic N) is 4. The average Bonchev–Trinajstić information content (AvgIpc) is 3.87. The lowest BCUT2D eigenvalue weighted by Crippen LogP contribution is -2.35. The number of amidine groups is 1. The highest BCUT2D eigenvalue weighted by molar-refractivity contribution is 6.18. The van der Waals surface area contributed by atoms with Gasteiger partial charge in [0.25, 0.3) is 0 Å².